The number of amides is 1. The Kier molecular flexibility index (Phi) is 1.40. The Morgan fingerprint density at radius 3 is 2.54 bits per heavy atom. The average Bonchev–Trinajstić information content (AvgIpc) is 2.13. The Morgan fingerprint density at radius 1 is 1.08 bits per heavy atom. The predicted octanol–water partition coefficient (Wildman–Crippen LogP) is 1.25. The third-order valence-corrected chi connectivity index (χ3v) is 3.50. The second-order valence-electron chi connectivity index (χ2n) is 4.24. The largest absolute Gasteiger partial charge is 0.349 e. The van der Waals surface area contributed by atoms with Crippen LogP contribution in [0, 0.1) is 17.8 Å². The van der Waals surface area contributed by atoms with E-state index in [1.165, 1.54) is 12.8 Å². The van der Waals surface area contributed by atoms with E-state index < -0.39 is 0 Å². The van der Waals surface area contributed by atoms with E-state index in [9.17, 15) is 4.79 Å². The van der Waals surface area contributed by atoms with E-state index in [2.05, 4.69) is 29.6 Å². The van der Waals surface area contributed by atoms with Crippen LogP contribution in [0.3, 0.4) is 0 Å². The van der Waals surface area contributed by atoms with Gasteiger partial charge in [0, 0.05) is 5.92 Å². The molecule has 1 N–H and O–H groups in total. The quantitative estimate of drug-likeness (QED) is 0.552. The molecular formula is C11H13NO. The van der Waals surface area contributed by atoms with Crippen LogP contribution in [0.5, 0.6) is 0 Å². The highest BCUT2D eigenvalue weighted by Gasteiger charge is 2.37. The zero-order valence-electron chi connectivity index (χ0n) is 7.44. The zero-order chi connectivity index (χ0) is 8.84. The van der Waals surface area contributed by atoms with Crippen LogP contribution in [-0.2, 0) is 4.79 Å². The van der Waals surface area contributed by atoms with Crippen molar-refractivity contribution < 1.29 is 4.79 Å². The van der Waals surface area contributed by atoms with Crippen molar-refractivity contribution >= 4 is 5.91 Å². The van der Waals surface area contributed by atoms with Gasteiger partial charge in [0.2, 0.25) is 5.91 Å². The van der Waals surface area contributed by atoms with Crippen LogP contribution < -0.4 is 5.32 Å². The molecule has 0 saturated carbocycles. The molecule has 0 radical (unpaired) electrons. The first kappa shape index (κ1) is 7.36. The smallest absolute Gasteiger partial charge is 0.227 e. The lowest BCUT2D eigenvalue weighted by Crippen LogP contribution is -2.49. The Hall–Kier alpha value is -1.05. The van der Waals surface area contributed by atoms with Gasteiger partial charge < -0.3 is 5.32 Å². The van der Waals surface area contributed by atoms with Crippen LogP contribution in [0.15, 0.2) is 24.3 Å². The molecule has 1 fully saturated rings. The van der Waals surface area contributed by atoms with E-state index in [-0.39, 0.29) is 17.9 Å². The monoisotopic (exact) mass is 175 g/mol. The Bertz CT molecular complexity index is 305. The summed E-state index contributed by atoms with van der Waals surface area (Å²) in [5.41, 5.74) is 0. The van der Waals surface area contributed by atoms with E-state index in [1.54, 1.807) is 0 Å². The van der Waals surface area contributed by atoms with Gasteiger partial charge in [-0.1, -0.05) is 24.3 Å². The third kappa shape index (κ3) is 0.978. The summed E-state index contributed by atoms with van der Waals surface area (Å²) in [5, 5.41) is 3.07. The predicted molar refractivity (Wildman–Crippen MR) is 49.9 cm³/mol. The van der Waals surface area contributed by atoms with Crippen molar-refractivity contribution in [3.8, 4) is 0 Å². The lowest BCUT2D eigenvalue weighted by atomic mass is 9.72. The molecule has 0 unspecified atom stereocenters. The molecule has 0 aromatic heterocycles. The SMILES string of the molecule is O=C1N[C@@H]2C=C[C@H]1[C@H]1C=C[C@@H]2CC1. The first-order chi connectivity index (χ1) is 6.34. The van der Waals surface area contributed by atoms with Crippen LogP contribution >= 0.6 is 0 Å². The molecule has 3 aliphatic carbocycles. The van der Waals surface area contributed by atoms with Gasteiger partial charge in [0.15, 0.2) is 0 Å². The molecule has 0 aromatic rings. The third-order valence-electron chi connectivity index (χ3n) is 3.50. The highest BCUT2D eigenvalue weighted by atomic mass is 16.2. The zero-order valence-corrected chi connectivity index (χ0v) is 7.44. The van der Waals surface area contributed by atoms with E-state index >= 15 is 0 Å². The Labute approximate surface area is 77.7 Å². The molecule has 3 heterocycles. The van der Waals surface area contributed by atoms with Gasteiger partial charge in [-0.25, -0.2) is 0 Å². The molecule has 68 valence electrons. The van der Waals surface area contributed by atoms with Gasteiger partial charge >= 0.3 is 0 Å². The Balaban J connectivity index is 2.08. The van der Waals surface area contributed by atoms with Gasteiger partial charge in [0.25, 0.3) is 0 Å². The summed E-state index contributed by atoms with van der Waals surface area (Å²) in [6.45, 7) is 0. The molecular weight excluding hydrogens is 162 g/mol. The van der Waals surface area contributed by atoms with Crippen molar-refractivity contribution in [1.29, 1.82) is 0 Å². The molecule has 4 bridgehead atoms. The lowest BCUT2D eigenvalue weighted by molar-refractivity contribution is -0.126. The average molecular weight is 175 g/mol. The van der Waals surface area contributed by atoms with E-state index in [1.807, 2.05) is 0 Å². The minimum absolute atomic E-state index is 0.105. The molecule has 13 heavy (non-hydrogen) atoms. The van der Waals surface area contributed by atoms with E-state index in [0.29, 0.717) is 11.8 Å². The van der Waals surface area contributed by atoms with Crippen molar-refractivity contribution in [2.75, 3.05) is 0 Å². The van der Waals surface area contributed by atoms with Gasteiger partial charge in [0.1, 0.15) is 0 Å². The fraction of sp³-hybridized carbons (Fsp3) is 0.545. The van der Waals surface area contributed by atoms with Crippen molar-refractivity contribution in [3.05, 3.63) is 24.3 Å². The molecule has 3 aliphatic heterocycles. The van der Waals surface area contributed by atoms with Crippen molar-refractivity contribution in [2.45, 2.75) is 18.9 Å². The first-order valence-corrected chi connectivity index (χ1v) is 5.01. The molecule has 6 aliphatic rings. The fourth-order valence-electron chi connectivity index (χ4n) is 2.68. The van der Waals surface area contributed by atoms with Crippen molar-refractivity contribution in [2.24, 2.45) is 17.8 Å². The Morgan fingerprint density at radius 2 is 1.85 bits per heavy atom. The second-order valence-corrected chi connectivity index (χ2v) is 4.24. The summed E-state index contributed by atoms with van der Waals surface area (Å²) in [6.07, 6.45) is 11.2. The summed E-state index contributed by atoms with van der Waals surface area (Å²) in [5.74, 6) is 1.33. The molecule has 6 rings (SSSR count). The molecule has 2 nitrogen and oxygen atoms in total. The normalized spacial score (nSPS) is 46.0. The van der Waals surface area contributed by atoms with Gasteiger partial charge in [-0.15, -0.1) is 0 Å². The van der Waals surface area contributed by atoms with Crippen LogP contribution in [0.1, 0.15) is 12.8 Å². The number of allylic oxidation sites excluding steroid dienone is 1. The van der Waals surface area contributed by atoms with Crippen LogP contribution in [0.2, 0.25) is 0 Å². The van der Waals surface area contributed by atoms with Crippen LogP contribution in [-0.4, -0.2) is 11.9 Å². The molecule has 2 heteroatoms. The highest BCUT2D eigenvalue weighted by Crippen LogP contribution is 2.36. The first-order valence-electron chi connectivity index (χ1n) is 5.01. The summed E-state index contributed by atoms with van der Waals surface area (Å²) in [7, 11) is 0. The molecule has 1 saturated heterocycles. The lowest BCUT2D eigenvalue weighted by Gasteiger charge is -2.39. The van der Waals surface area contributed by atoms with Crippen LogP contribution in [0.4, 0.5) is 0 Å². The maximum Gasteiger partial charge on any atom is 0.227 e. The van der Waals surface area contributed by atoms with Gasteiger partial charge in [-0.3, -0.25) is 4.79 Å². The topological polar surface area (TPSA) is 29.1 Å². The fourth-order valence-corrected chi connectivity index (χ4v) is 2.68. The molecule has 1 amide bonds. The van der Waals surface area contributed by atoms with Crippen molar-refractivity contribution in [3.63, 3.8) is 0 Å². The highest BCUT2D eigenvalue weighted by molar-refractivity contribution is 5.83. The standard InChI is InChI=1S/C11H13NO/c13-11-9-5-6-10(12-11)8-3-1-7(9)2-4-8/h1,3,5-10H,2,4H2,(H,12,13)/t7-,8+,9-,10+/m0/s1. The van der Waals surface area contributed by atoms with Gasteiger partial charge in [0.05, 0.1) is 12.0 Å². The number of nitrogens with one attached hydrogen (secondary N) is 1. The van der Waals surface area contributed by atoms with Crippen LogP contribution in [0.25, 0.3) is 0 Å². The van der Waals surface area contributed by atoms with E-state index in [0.717, 1.165) is 0 Å². The molecule has 0 spiro atoms. The number of hydrogen-bond donors (Lipinski definition) is 1. The molecule has 4 atom stereocenters. The number of carbonyl (C=O) groups excluding carboxylic acids is 1. The summed E-state index contributed by atoms with van der Waals surface area (Å²) >= 11 is 0. The number of carbonyl (C=O) groups is 1. The van der Waals surface area contributed by atoms with Gasteiger partial charge in [-0.2, -0.15) is 0 Å². The number of rotatable bonds is 0. The van der Waals surface area contributed by atoms with Gasteiger partial charge in [-0.05, 0) is 18.8 Å². The minimum Gasteiger partial charge on any atom is -0.349 e. The maximum atomic E-state index is 11.6. The second kappa shape index (κ2) is 2.47. The maximum absolute atomic E-state index is 11.6. The number of hydrogen-bond acceptors (Lipinski definition) is 1. The minimum atomic E-state index is 0.105. The van der Waals surface area contributed by atoms with E-state index in [4.69, 9.17) is 0 Å². The summed E-state index contributed by atoms with van der Waals surface area (Å²) < 4.78 is 0. The summed E-state index contributed by atoms with van der Waals surface area (Å²) in [6, 6.07) is 0.265. The summed E-state index contributed by atoms with van der Waals surface area (Å²) in [4.78, 5) is 11.6. The molecule has 0 aromatic carbocycles. The van der Waals surface area contributed by atoms with Crippen molar-refractivity contribution in [1.82, 2.24) is 5.32 Å².